The van der Waals surface area contributed by atoms with Gasteiger partial charge < -0.3 is 18.3 Å². The number of ether oxygens (including phenoxy) is 2. The molecule has 3 aliphatic rings. The lowest BCUT2D eigenvalue weighted by Crippen LogP contribution is -2.56. The Morgan fingerprint density at radius 2 is 1.69 bits per heavy atom. The first-order valence-electron chi connectivity index (χ1n) is 17.5. The molecule has 0 unspecified atom stereocenters. The van der Waals surface area contributed by atoms with Gasteiger partial charge >= 0.3 is 5.97 Å². The Kier molecular flexibility index (Phi) is 11.6. The molecule has 0 saturated heterocycles. The van der Waals surface area contributed by atoms with Gasteiger partial charge in [-0.05, 0) is 105 Å². The van der Waals surface area contributed by atoms with Gasteiger partial charge in [-0.25, -0.2) is 4.79 Å². The fourth-order valence-electron chi connectivity index (χ4n) is 6.88. The molecule has 0 amide bonds. The first-order valence-corrected chi connectivity index (χ1v) is 23.3. The Morgan fingerprint density at radius 1 is 1.07 bits per heavy atom. The largest absolute Gasteiger partial charge is 0.461 e. The highest BCUT2D eigenvalue weighted by Gasteiger charge is 2.52. The summed E-state index contributed by atoms with van der Waals surface area (Å²) in [5, 5.41) is -0.0165. The summed E-state index contributed by atoms with van der Waals surface area (Å²) in [6, 6.07) is 0. The number of esters is 1. The van der Waals surface area contributed by atoms with Crippen molar-refractivity contribution < 1.29 is 23.1 Å². The first kappa shape index (κ1) is 38.2. The third-order valence-corrected chi connectivity index (χ3v) is 20.6. The molecule has 7 heteroatoms. The number of hydrogen-bond acceptors (Lipinski definition) is 5. The molecule has 2 fully saturated rings. The zero-order chi connectivity index (χ0) is 34.2. The van der Waals surface area contributed by atoms with Gasteiger partial charge in [0, 0.05) is 12.8 Å². The molecule has 0 aromatic heterocycles. The van der Waals surface area contributed by atoms with Crippen molar-refractivity contribution in [2.24, 2.45) is 11.3 Å². The zero-order valence-electron chi connectivity index (χ0n) is 31.4. The van der Waals surface area contributed by atoms with E-state index >= 15 is 0 Å². The maximum absolute atomic E-state index is 12.8. The molecule has 5 nitrogen and oxygen atoms in total. The third-order valence-electron chi connectivity index (χ3n) is 11.7. The van der Waals surface area contributed by atoms with E-state index in [4.69, 9.17) is 18.3 Å². The number of carbonyl (C=O) groups excluding carboxylic acids is 1. The van der Waals surface area contributed by atoms with Crippen LogP contribution in [0.3, 0.4) is 0 Å². The topological polar surface area (TPSA) is 54.0 Å². The quantitative estimate of drug-likeness (QED) is 0.101. The van der Waals surface area contributed by atoms with Gasteiger partial charge in [0.1, 0.15) is 6.61 Å². The van der Waals surface area contributed by atoms with Crippen LogP contribution < -0.4 is 0 Å². The summed E-state index contributed by atoms with van der Waals surface area (Å²) < 4.78 is 26.5. The lowest BCUT2D eigenvalue weighted by atomic mass is 9.64. The third kappa shape index (κ3) is 8.62. The summed E-state index contributed by atoms with van der Waals surface area (Å²) in [5.41, 5.74) is 5.54. The molecule has 0 heterocycles. The van der Waals surface area contributed by atoms with Crippen LogP contribution in [0.4, 0.5) is 0 Å². The van der Waals surface area contributed by atoms with E-state index in [1.807, 2.05) is 13.8 Å². The second-order valence-corrected chi connectivity index (χ2v) is 26.9. The summed E-state index contributed by atoms with van der Waals surface area (Å²) in [7, 11) is -4.52. The molecular weight excluding hydrogens is 593 g/mol. The van der Waals surface area contributed by atoms with Crippen molar-refractivity contribution in [1.82, 2.24) is 0 Å². The van der Waals surface area contributed by atoms with Crippen LogP contribution >= 0.6 is 0 Å². The van der Waals surface area contributed by atoms with Crippen molar-refractivity contribution in [1.29, 1.82) is 0 Å². The van der Waals surface area contributed by atoms with Gasteiger partial charge in [-0.3, -0.25) is 0 Å². The SMILES string of the molecule is C=C1C(=CC=C2CCC[C@]3(C)C(CC)=CC[C@@H]23)C[C@@](OCC(=O)OC(C)C)(O[Si](C)(C)C(C)(C)C)C[C@@H]1O[Si](C)(C)C(C)(C)C. The van der Waals surface area contributed by atoms with Crippen LogP contribution in [0, 0.1) is 11.3 Å². The second-order valence-electron chi connectivity index (χ2n) is 17.4. The van der Waals surface area contributed by atoms with Crippen LogP contribution in [-0.2, 0) is 23.1 Å². The van der Waals surface area contributed by atoms with Crippen molar-refractivity contribution in [3.63, 3.8) is 0 Å². The molecule has 2 saturated carbocycles. The van der Waals surface area contributed by atoms with Crippen LogP contribution in [0.25, 0.3) is 0 Å². The Bertz CT molecular complexity index is 1200. The van der Waals surface area contributed by atoms with Gasteiger partial charge in [0.15, 0.2) is 22.4 Å². The molecule has 0 aliphatic heterocycles. The molecule has 3 aliphatic carbocycles. The highest BCUT2D eigenvalue weighted by Crippen LogP contribution is 2.56. The predicted molar refractivity (Wildman–Crippen MR) is 193 cm³/mol. The van der Waals surface area contributed by atoms with E-state index in [9.17, 15) is 4.79 Å². The molecule has 256 valence electrons. The van der Waals surface area contributed by atoms with Crippen LogP contribution in [0.1, 0.15) is 114 Å². The standard InChI is InChI=1S/C38H66O5Si2/c1-16-31-21-22-32-29(18-17-23-37(31,32)11)19-20-30-24-38(40-26-34(39)41-27(2)3,43-45(14,15)36(8,9)10)25-33(28(30)4)42-44(12,13)35(5,6)7/h19-21,27,32-33H,4,16-18,22-26H2,1-3,5-15H3/t32-,33-,37+,38+/m0/s1. The smallest absolute Gasteiger partial charge is 0.332 e. The monoisotopic (exact) mass is 658 g/mol. The zero-order valence-corrected chi connectivity index (χ0v) is 33.4. The number of hydrogen-bond donors (Lipinski definition) is 0. The summed E-state index contributed by atoms with van der Waals surface area (Å²) >= 11 is 0. The van der Waals surface area contributed by atoms with Gasteiger partial charge in [-0.15, -0.1) is 0 Å². The lowest BCUT2D eigenvalue weighted by molar-refractivity contribution is -0.216. The van der Waals surface area contributed by atoms with E-state index in [1.165, 1.54) is 18.4 Å². The maximum Gasteiger partial charge on any atom is 0.332 e. The summed E-state index contributed by atoms with van der Waals surface area (Å²) in [4.78, 5) is 12.8. The van der Waals surface area contributed by atoms with E-state index in [0.717, 1.165) is 30.4 Å². The lowest BCUT2D eigenvalue weighted by Gasteiger charge is -2.51. The predicted octanol–water partition coefficient (Wildman–Crippen LogP) is 10.8. The van der Waals surface area contributed by atoms with Crippen molar-refractivity contribution in [3.8, 4) is 0 Å². The maximum atomic E-state index is 12.8. The van der Waals surface area contributed by atoms with Gasteiger partial charge in [0.2, 0.25) is 0 Å². The highest BCUT2D eigenvalue weighted by atomic mass is 28.4. The van der Waals surface area contributed by atoms with Crippen molar-refractivity contribution >= 4 is 22.6 Å². The van der Waals surface area contributed by atoms with Crippen molar-refractivity contribution in [2.75, 3.05) is 6.61 Å². The number of allylic oxidation sites excluding steroid dienone is 5. The average molecular weight is 659 g/mol. The fourth-order valence-corrected chi connectivity index (χ4v) is 9.63. The summed E-state index contributed by atoms with van der Waals surface area (Å²) in [6.45, 7) is 35.6. The van der Waals surface area contributed by atoms with E-state index in [2.05, 4.69) is 106 Å². The molecule has 3 rings (SSSR count). The Labute approximate surface area is 278 Å². The molecule has 4 atom stereocenters. The van der Waals surface area contributed by atoms with Crippen LogP contribution in [-0.4, -0.2) is 47.2 Å². The average Bonchev–Trinajstić information content (AvgIpc) is 3.23. The molecule has 0 N–H and O–H groups in total. The van der Waals surface area contributed by atoms with E-state index in [1.54, 1.807) is 5.57 Å². The highest BCUT2D eigenvalue weighted by molar-refractivity contribution is 6.74. The molecule has 0 aromatic rings. The van der Waals surface area contributed by atoms with Crippen molar-refractivity contribution in [2.45, 2.75) is 168 Å². The minimum atomic E-state index is -2.34. The minimum absolute atomic E-state index is 0.0282. The van der Waals surface area contributed by atoms with Crippen molar-refractivity contribution in [3.05, 3.63) is 47.1 Å². The van der Waals surface area contributed by atoms with Gasteiger partial charge in [0.05, 0.1) is 12.2 Å². The van der Waals surface area contributed by atoms with E-state index < -0.39 is 22.4 Å². The minimum Gasteiger partial charge on any atom is -0.461 e. The number of fused-ring (bicyclic) bond motifs is 1. The van der Waals surface area contributed by atoms with Crippen LogP contribution in [0.5, 0.6) is 0 Å². The summed E-state index contributed by atoms with van der Waals surface area (Å²) in [5.74, 6) is -0.836. The first-order chi connectivity index (χ1) is 20.5. The van der Waals surface area contributed by atoms with Gasteiger partial charge in [-0.2, -0.15) is 0 Å². The fraction of sp³-hybridized carbons (Fsp3) is 0.763. The van der Waals surface area contributed by atoms with E-state index in [0.29, 0.717) is 18.8 Å². The van der Waals surface area contributed by atoms with Crippen LogP contribution in [0.2, 0.25) is 36.3 Å². The second kappa shape index (κ2) is 13.7. The Morgan fingerprint density at radius 3 is 2.24 bits per heavy atom. The van der Waals surface area contributed by atoms with E-state index in [-0.39, 0.29) is 40.3 Å². The normalized spacial score (nSPS) is 30.2. The Balaban J connectivity index is 2.10. The Hall–Kier alpha value is -1.26. The van der Waals surface area contributed by atoms with Crippen LogP contribution in [0.15, 0.2) is 47.1 Å². The van der Waals surface area contributed by atoms with Gasteiger partial charge in [0.25, 0.3) is 0 Å². The number of carbonyl (C=O) groups is 1. The molecule has 0 spiro atoms. The van der Waals surface area contributed by atoms with Gasteiger partial charge in [-0.1, -0.05) is 91.3 Å². The molecular formula is C38H66O5Si2. The molecule has 0 bridgehead atoms. The number of rotatable bonds is 10. The summed E-state index contributed by atoms with van der Waals surface area (Å²) in [6.07, 6.45) is 13.6. The molecule has 45 heavy (non-hydrogen) atoms. The molecule has 0 aromatic carbocycles. The molecule has 0 radical (unpaired) electrons.